The van der Waals surface area contributed by atoms with Crippen LogP contribution >= 0.6 is 11.6 Å². The smallest absolute Gasteiger partial charge is 0.303 e. The highest BCUT2D eigenvalue weighted by molar-refractivity contribution is 7.89. The Morgan fingerprint density at radius 2 is 2.05 bits per heavy atom. The number of unbranched alkanes of at least 4 members (excludes halogenated alkanes) is 1. The second kappa shape index (κ2) is 6.74. The Kier molecular flexibility index (Phi) is 5.59. The molecule has 0 aromatic heterocycles. The van der Waals surface area contributed by atoms with Crippen molar-refractivity contribution >= 4 is 27.6 Å². The SMILES string of the molecule is NS(=O)(=O)c1ccc(OCCCCC(=O)O)c(Cl)c1. The van der Waals surface area contributed by atoms with E-state index in [2.05, 4.69) is 0 Å². The molecule has 8 heteroatoms. The van der Waals surface area contributed by atoms with E-state index in [1.54, 1.807) is 0 Å². The minimum atomic E-state index is -3.79. The Balaban J connectivity index is 2.54. The van der Waals surface area contributed by atoms with E-state index in [0.717, 1.165) is 0 Å². The summed E-state index contributed by atoms with van der Waals surface area (Å²) in [6.45, 7) is 0.307. The highest BCUT2D eigenvalue weighted by Gasteiger charge is 2.11. The van der Waals surface area contributed by atoms with Crippen molar-refractivity contribution in [3.05, 3.63) is 23.2 Å². The van der Waals surface area contributed by atoms with Gasteiger partial charge in [-0.3, -0.25) is 4.79 Å². The molecule has 0 bridgehead atoms. The Morgan fingerprint density at radius 1 is 1.37 bits per heavy atom. The Labute approximate surface area is 116 Å². The van der Waals surface area contributed by atoms with Gasteiger partial charge in [-0.15, -0.1) is 0 Å². The lowest BCUT2D eigenvalue weighted by atomic mass is 10.2. The molecule has 0 heterocycles. The number of halogens is 1. The number of hydrogen-bond acceptors (Lipinski definition) is 4. The molecule has 1 rings (SSSR count). The van der Waals surface area contributed by atoms with Gasteiger partial charge in [-0.1, -0.05) is 11.6 Å². The second-order valence-electron chi connectivity index (χ2n) is 3.84. The monoisotopic (exact) mass is 307 g/mol. The number of nitrogens with two attached hydrogens (primary N) is 1. The summed E-state index contributed by atoms with van der Waals surface area (Å²) in [5.74, 6) is -0.514. The standard InChI is InChI=1S/C11H14ClNO5S/c12-9-7-8(19(13,16)17)4-5-10(9)18-6-2-1-3-11(14)15/h4-5,7H,1-3,6H2,(H,14,15)(H2,13,16,17). The van der Waals surface area contributed by atoms with Crippen LogP contribution in [-0.4, -0.2) is 26.1 Å². The first kappa shape index (κ1) is 15.7. The number of carbonyl (C=O) groups is 1. The number of hydrogen-bond donors (Lipinski definition) is 2. The van der Waals surface area contributed by atoms with Crippen molar-refractivity contribution in [3.63, 3.8) is 0 Å². The molecular weight excluding hydrogens is 294 g/mol. The lowest BCUT2D eigenvalue weighted by Crippen LogP contribution is -2.12. The summed E-state index contributed by atoms with van der Waals surface area (Å²) in [7, 11) is -3.79. The number of sulfonamides is 1. The summed E-state index contributed by atoms with van der Waals surface area (Å²) in [6.07, 6.45) is 1.16. The minimum absolute atomic E-state index is 0.0848. The van der Waals surface area contributed by atoms with Gasteiger partial charge >= 0.3 is 5.97 Å². The Bertz CT molecular complexity index is 558. The number of rotatable bonds is 7. The predicted octanol–water partition coefficient (Wildman–Crippen LogP) is 1.62. The quantitative estimate of drug-likeness (QED) is 0.744. The van der Waals surface area contributed by atoms with E-state index in [0.29, 0.717) is 25.2 Å². The van der Waals surface area contributed by atoms with E-state index in [1.807, 2.05) is 0 Å². The molecule has 0 amide bonds. The normalized spacial score (nSPS) is 11.3. The first-order valence-corrected chi connectivity index (χ1v) is 7.40. The van der Waals surface area contributed by atoms with Gasteiger partial charge < -0.3 is 9.84 Å². The molecule has 0 aliphatic heterocycles. The number of carboxylic acids is 1. The van der Waals surface area contributed by atoms with Crippen LogP contribution in [-0.2, 0) is 14.8 Å². The molecule has 0 saturated heterocycles. The minimum Gasteiger partial charge on any atom is -0.492 e. The molecule has 19 heavy (non-hydrogen) atoms. The van der Waals surface area contributed by atoms with Crippen molar-refractivity contribution in [1.29, 1.82) is 0 Å². The molecular formula is C11H14ClNO5S. The third-order valence-corrected chi connectivity index (χ3v) is 3.48. The lowest BCUT2D eigenvalue weighted by Gasteiger charge is -2.08. The van der Waals surface area contributed by atoms with Crippen molar-refractivity contribution < 1.29 is 23.1 Å². The van der Waals surface area contributed by atoms with Crippen LogP contribution in [0.2, 0.25) is 5.02 Å². The highest BCUT2D eigenvalue weighted by atomic mass is 35.5. The van der Waals surface area contributed by atoms with Crippen LogP contribution < -0.4 is 9.88 Å². The Morgan fingerprint density at radius 3 is 2.58 bits per heavy atom. The molecule has 6 nitrogen and oxygen atoms in total. The second-order valence-corrected chi connectivity index (χ2v) is 5.81. The molecule has 0 saturated carbocycles. The van der Waals surface area contributed by atoms with E-state index in [9.17, 15) is 13.2 Å². The molecule has 0 unspecified atom stereocenters. The van der Waals surface area contributed by atoms with Crippen LogP contribution in [0.15, 0.2) is 23.1 Å². The average molecular weight is 308 g/mol. The predicted molar refractivity (Wildman–Crippen MR) is 69.8 cm³/mol. The number of primary sulfonamides is 1. The molecule has 1 aromatic rings. The zero-order chi connectivity index (χ0) is 14.5. The summed E-state index contributed by atoms with van der Waals surface area (Å²) in [5, 5.41) is 13.6. The first-order valence-electron chi connectivity index (χ1n) is 5.47. The molecule has 0 atom stereocenters. The van der Waals surface area contributed by atoms with Gasteiger partial charge in [0.25, 0.3) is 0 Å². The summed E-state index contributed by atoms with van der Waals surface area (Å²) in [6, 6.07) is 3.93. The number of benzene rings is 1. The third kappa shape index (κ3) is 5.46. The fourth-order valence-electron chi connectivity index (χ4n) is 1.34. The third-order valence-electron chi connectivity index (χ3n) is 2.27. The number of ether oxygens (including phenoxy) is 1. The maximum atomic E-state index is 11.1. The zero-order valence-electron chi connectivity index (χ0n) is 10.0. The van der Waals surface area contributed by atoms with Crippen molar-refractivity contribution in [1.82, 2.24) is 0 Å². The molecule has 0 aliphatic carbocycles. The van der Waals surface area contributed by atoms with Gasteiger partial charge in [-0.25, -0.2) is 13.6 Å². The molecule has 106 valence electrons. The van der Waals surface area contributed by atoms with Gasteiger partial charge in [0.1, 0.15) is 5.75 Å². The van der Waals surface area contributed by atoms with Crippen molar-refractivity contribution in [3.8, 4) is 5.75 Å². The summed E-state index contributed by atoms with van der Waals surface area (Å²) in [5.41, 5.74) is 0. The van der Waals surface area contributed by atoms with Gasteiger partial charge in [0.15, 0.2) is 0 Å². The molecule has 0 spiro atoms. The van der Waals surface area contributed by atoms with E-state index in [-0.39, 0.29) is 16.3 Å². The highest BCUT2D eigenvalue weighted by Crippen LogP contribution is 2.27. The van der Waals surface area contributed by atoms with Crippen molar-refractivity contribution in [2.24, 2.45) is 5.14 Å². The van der Waals surface area contributed by atoms with Crippen LogP contribution in [0, 0.1) is 0 Å². The van der Waals surface area contributed by atoms with Crippen molar-refractivity contribution in [2.75, 3.05) is 6.61 Å². The van der Waals surface area contributed by atoms with Crippen molar-refractivity contribution in [2.45, 2.75) is 24.2 Å². The van der Waals surface area contributed by atoms with E-state index < -0.39 is 16.0 Å². The summed E-state index contributed by atoms with van der Waals surface area (Å²) >= 11 is 5.86. The first-order chi connectivity index (χ1) is 8.80. The van der Waals surface area contributed by atoms with E-state index in [4.69, 9.17) is 26.6 Å². The number of carboxylic acid groups (broad SMARTS) is 1. The van der Waals surface area contributed by atoms with Gasteiger partial charge in [0.2, 0.25) is 10.0 Å². The van der Waals surface area contributed by atoms with Gasteiger partial charge in [-0.2, -0.15) is 0 Å². The van der Waals surface area contributed by atoms with Crippen LogP contribution in [0.5, 0.6) is 5.75 Å². The van der Waals surface area contributed by atoms with E-state index >= 15 is 0 Å². The maximum absolute atomic E-state index is 11.1. The van der Waals surface area contributed by atoms with E-state index in [1.165, 1.54) is 18.2 Å². The summed E-state index contributed by atoms with van der Waals surface area (Å²) < 4.78 is 27.5. The Hall–Kier alpha value is -1.31. The fourth-order valence-corrected chi connectivity index (χ4v) is 2.18. The van der Waals surface area contributed by atoms with Gasteiger partial charge in [0.05, 0.1) is 16.5 Å². The molecule has 0 fully saturated rings. The van der Waals surface area contributed by atoms with Crippen LogP contribution in [0.3, 0.4) is 0 Å². The van der Waals surface area contributed by atoms with Crippen LogP contribution in [0.4, 0.5) is 0 Å². The fraction of sp³-hybridized carbons (Fsp3) is 0.364. The zero-order valence-corrected chi connectivity index (χ0v) is 11.6. The topological polar surface area (TPSA) is 107 Å². The van der Waals surface area contributed by atoms with Gasteiger partial charge in [0, 0.05) is 6.42 Å². The molecule has 1 aromatic carbocycles. The lowest BCUT2D eigenvalue weighted by molar-refractivity contribution is -0.137. The van der Waals surface area contributed by atoms with Crippen LogP contribution in [0.25, 0.3) is 0 Å². The summed E-state index contributed by atoms with van der Waals surface area (Å²) in [4.78, 5) is 10.2. The number of aliphatic carboxylic acids is 1. The molecule has 3 N–H and O–H groups in total. The molecule has 0 radical (unpaired) electrons. The maximum Gasteiger partial charge on any atom is 0.303 e. The molecule has 0 aliphatic rings. The van der Waals surface area contributed by atoms with Crippen LogP contribution in [0.1, 0.15) is 19.3 Å². The van der Waals surface area contributed by atoms with Gasteiger partial charge in [-0.05, 0) is 31.0 Å². The largest absolute Gasteiger partial charge is 0.492 e. The average Bonchev–Trinajstić information content (AvgIpc) is 2.28.